The number of hydrogen-bond donors (Lipinski definition) is 2. The second-order valence-corrected chi connectivity index (χ2v) is 9.55. The van der Waals surface area contributed by atoms with Crippen molar-refractivity contribution in [3.05, 3.63) is 12.2 Å². The first-order valence-electron chi connectivity index (χ1n) is 13.4. The Hall–Kier alpha value is -0.0900. The lowest BCUT2D eigenvalue weighted by atomic mass is 9.99. The predicted molar refractivity (Wildman–Crippen MR) is 133 cm³/mol. The molecule has 0 aliphatic carbocycles. The van der Waals surface area contributed by atoms with E-state index in [1.807, 2.05) is 0 Å². The van der Waals surface area contributed by atoms with Crippen LogP contribution >= 0.6 is 0 Å². The van der Waals surface area contributed by atoms with E-state index >= 15 is 0 Å². The van der Waals surface area contributed by atoms with Crippen molar-refractivity contribution in [2.75, 3.05) is 33.4 Å². The van der Waals surface area contributed by atoms with Crippen LogP contribution in [0.15, 0.2) is 12.2 Å². The van der Waals surface area contributed by atoms with Crippen LogP contribution in [-0.2, 0) is 0 Å². The number of quaternary nitrogens is 1. The number of likely N-dealkylation sites (N-methyl/N-ethyl adjacent to an activating group) is 1. The minimum Gasteiger partial charge on any atom is -1.00 e. The Labute approximate surface area is 201 Å². The number of halogens is 1. The molecule has 188 valence electrons. The van der Waals surface area contributed by atoms with Gasteiger partial charge >= 0.3 is 0 Å². The zero-order chi connectivity index (χ0) is 22.3. The topological polar surface area (TPSA) is 40.5 Å². The van der Waals surface area contributed by atoms with E-state index in [2.05, 4.69) is 33.0 Å². The van der Waals surface area contributed by atoms with Crippen LogP contribution < -0.4 is 12.4 Å². The standard InChI is InChI=1S/C27H56NO2.ClH/c1-4-6-8-10-12-14-16-18-20-22-27(28(3,23-25-29)24-26-30)21-19-17-15-13-11-9-7-5-2;/h18,20,27,29-30H,4-17,19,21-26H2,1-3H3;1H/q+1;/p-1/b20-18-;. The Morgan fingerprint density at radius 1 is 0.645 bits per heavy atom. The molecule has 0 heterocycles. The summed E-state index contributed by atoms with van der Waals surface area (Å²) >= 11 is 0. The summed E-state index contributed by atoms with van der Waals surface area (Å²) in [5.74, 6) is 0. The van der Waals surface area contributed by atoms with Crippen molar-refractivity contribution >= 4 is 0 Å². The molecule has 4 heteroatoms. The largest absolute Gasteiger partial charge is 1.00 e. The molecule has 31 heavy (non-hydrogen) atoms. The molecule has 0 saturated heterocycles. The number of rotatable bonds is 23. The molecule has 0 radical (unpaired) electrons. The minimum absolute atomic E-state index is 0. The maximum Gasteiger partial charge on any atom is 0.102 e. The molecule has 1 atom stereocenters. The fourth-order valence-corrected chi connectivity index (χ4v) is 4.55. The van der Waals surface area contributed by atoms with Gasteiger partial charge in [0.25, 0.3) is 0 Å². The summed E-state index contributed by atoms with van der Waals surface area (Å²) in [7, 11) is 2.23. The Bertz CT molecular complexity index is 370. The molecule has 0 aliphatic heterocycles. The molecular formula is C27H56ClNO2. The third-order valence-corrected chi connectivity index (χ3v) is 6.79. The second-order valence-electron chi connectivity index (χ2n) is 9.55. The number of aliphatic hydroxyl groups excluding tert-OH is 2. The molecular weight excluding hydrogens is 406 g/mol. The first kappa shape index (κ1) is 33.1. The minimum atomic E-state index is 0. The quantitative estimate of drug-likeness (QED) is 0.137. The Morgan fingerprint density at radius 3 is 1.58 bits per heavy atom. The van der Waals surface area contributed by atoms with Crippen molar-refractivity contribution in [3.8, 4) is 0 Å². The van der Waals surface area contributed by atoms with Crippen LogP contribution in [-0.4, -0.2) is 54.1 Å². The number of aliphatic hydroxyl groups is 2. The summed E-state index contributed by atoms with van der Waals surface area (Å²) in [5.41, 5.74) is 0. The van der Waals surface area contributed by atoms with E-state index < -0.39 is 0 Å². The summed E-state index contributed by atoms with van der Waals surface area (Å²) < 4.78 is 0.796. The fraction of sp³-hybridized carbons (Fsp3) is 0.926. The van der Waals surface area contributed by atoms with Crippen LogP contribution in [0.2, 0.25) is 0 Å². The van der Waals surface area contributed by atoms with E-state index in [-0.39, 0.29) is 25.6 Å². The van der Waals surface area contributed by atoms with Gasteiger partial charge in [0, 0.05) is 6.42 Å². The monoisotopic (exact) mass is 461 g/mol. The highest BCUT2D eigenvalue weighted by Crippen LogP contribution is 2.22. The molecule has 2 N–H and O–H groups in total. The highest BCUT2D eigenvalue weighted by atomic mass is 35.5. The maximum atomic E-state index is 9.60. The van der Waals surface area contributed by atoms with Gasteiger partial charge in [-0.2, -0.15) is 0 Å². The third-order valence-electron chi connectivity index (χ3n) is 6.79. The van der Waals surface area contributed by atoms with Gasteiger partial charge in [-0.15, -0.1) is 0 Å². The number of unbranched alkanes of at least 4 members (excludes halogenated alkanes) is 13. The van der Waals surface area contributed by atoms with E-state index in [9.17, 15) is 10.2 Å². The number of allylic oxidation sites excluding steroid dienone is 1. The molecule has 0 aromatic carbocycles. The van der Waals surface area contributed by atoms with Gasteiger partial charge in [0.2, 0.25) is 0 Å². The lowest BCUT2D eigenvalue weighted by Crippen LogP contribution is -3.00. The average molecular weight is 462 g/mol. The zero-order valence-corrected chi connectivity index (χ0v) is 22.1. The Morgan fingerprint density at radius 2 is 1.10 bits per heavy atom. The van der Waals surface area contributed by atoms with Gasteiger partial charge in [-0.1, -0.05) is 103 Å². The van der Waals surface area contributed by atoms with Gasteiger partial charge in [-0.25, -0.2) is 0 Å². The predicted octanol–water partition coefficient (Wildman–Crippen LogP) is 4.02. The summed E-state index contributed by atoms with van der Waals surface area (Å²) in [4.78, 5) is 0. The molecule has 0 fully saturated rings. The van der Waals surface area contributed by atoms with Crippen molar-refractivity contribution < 1.29 is 27.1 Å². The van der Waals surface area contributed by atoms with Crippen LogP contribution in [0.3, 0.4) is 0 Å². The van der Waals surface area contributed by atoms with E-state index in [1.54, 1.807) is 0 Å². The summed E-state index contributed by atoms with van der Waals surface area (Å²) in [6, 6.07) is 0.505. The number of nitrogens with zero attached hydrogens (tertiary/aromatic N) is 1. The highest BCUT2D eigenvalue weighted by Gasteiger charge is 2.30. The summed E-state index contributed by atoms with van der Waals surface area (Å²) in [5, 5.41) is 19.2. The Balaban J connectivity index is 0. The molecule has 1 unspecified atom stereocenters. The van der Waals surface area contributed by atoms with Crippen LogP contribution in [0.4, 0.5) is 0 Å². The molecule has 0 rings (SSSR count). The fourth-order valence-electron chi connectivity index (χ4n) is 4.55. The van der Waals surface area contributed by atoms with Crippen molar-refractivity contribution in [1.82, 2.24) is 0 Å². The van der Waals surface area contributed by atoms with E-state index in [0.717, 1.165) is 24.0 Å². The van der Waals surface area contributed by atoms with Gasteiger partial charge in [0.05, 0.1) is 26.3 Å². The van der Waals surface area contributed by atoms with Crippen LogP contribution in [0, 0.1) is 0 Å². The zero-order valence-electron chi connectivity index (χ0n) is 21.3. The van der Waals surface area contributed by atoms with Crippen molar-refractivity contribution in [2.24, 2.45) is 0 Å². The molecule has 0 amide bonds. The molecule has 0 aliphatic rings. The SMILES string of the molecule is CCCCCCCC/C=C\CC(CCCCCCCCCC)[N+](C)(CCO)CCO.[Cl-]. The molecule has 0 spiro atoms. The average Bonchev–Trinajstić information content (AvgIpc) is 2.73. The number of hydrogen-bond acceptors (Lipinski definition) is 2. The highest BCUT2D eigenvalue weighted by molar-refractivity contribution is 4.85. The van der Waals surface area contributed by atoms with Crippen LogP contribution in [0.25, 0.3) is 0 Å². The first-order valence-corrected chi connectivity index (χ1v) is 13.4. The van der Waals surface area contributed by atoms with Gasteiger partial charge in [-0.05, 0) is 25.7 Å². The van der Waals surface area contributed by atoms with Crippen molar-refractivity contribution in [1.29, 1.82) is 0 Å². The maximum absolute atomic E-state index is 9.60. The molecule has 3 nitrogen and oxygen atoms in total. The first-order chi connectivity index (χ1) is 14.6. The normalized spacial score (nSPS) is 12.9. The molecule has 0 saturated carbocycles. The van der Waals surface area contributed by atoms with Gasteiger partial charge in [-0.3, -0.25) is 0 Å². The Kier molecular flexibility index (Phi) is 26.2. The van der Waals surface area contributed by atoms with Crippen molar-refractivity contribution in [2.45, 2.75) is 129 Å². The van der Waals surface area contributed by atoms with E-state index in [0.29, 0.717) is 6.04 Å². The van der Waals surface area contributed by atoms with Gasteiger partial charge in [0.15, 0.2) is 0 Å². The van der Waals surface area contributed by atoms with Crippen molar-refractivity contribution in [3.63, 3.8) is 0 Å². The van der Waals surface area contributed by atoms with Gasteiger partial charge in [0.1, 0.15) is 13.1 Å². The van der Waals surface area contributed by atoms with E-state index in [4.69, 9.17) is 0 Å². The van der Waals surface area contributed by atoms with Crippen LogP contribution in [0.1, 0.15) is 123 Å². The summed E-state index contributed by atoms with van der Waals surface area (Å²) in [6.07, 6.45) is 27.2. The summed E-state index contributed by atoms with van der Waals surface area (Å²) in [6.45, 7) is 6.43. The molecule has 0 bridgehead atoms. The molecule has 0 aromatic rings. The third kappa shape index (κ3) is 19.1. The molecule has 0 aromatic heterocycles. The van der Waals surface area contributed by atoms with E-state index in [1.165, 1.54) is 103 Å². The van der Waals surface area contributed by atoms with Gasteiger partial charge < -0.3 is 27.1 Å². The second kappa shape index (κ2) is 24.6. The smallest absolute Gasteiger partial charge is 0.102 e. The van der Waals surface area contributed by atoms with Crippen LogP contribution in [0.5, 0.6) is 0 Å². The lowest BCUT2D eigenvalue weighted by molar-refractivity contribution is -0.934. The lowest BCUT2D eigenvalue weighted by Gasteiger charge is -2.41.